The van der Waals surface area contributed by atoms with Gasteiger partial charge in [-0.2, -0.15) is 0 Å². The average molecular weight is 394 g/mol. The summed E-state index contributed by atoms with van der Waals surface area (Å²) in [5, 5.41) is 3.79. The first-order valence-corrected chi connectivity index (χ1v) is 9.79. The van der Waals surface area contributed by atoms with Crippen molar-refractivity contribution >= 4 is 50.7 Å². The molecule has 1 heterocycles. The highest BCUT2D eigenvalue weighted by Crippen LogP contribution is 2.34. The molecule has 0 saturated heterocycles. The van der Waals surface area contributed by atoms with Crippen LogP contribution in [0.3, 0.4) is 0 Å². The molecule has 0 aliphatic heterocycles. The molecule has 6 nitrogen and oxygen atoms in total. The lowest BCUT2D eigenvalue weighted by molar-refractivity contribution is -0.129. The van der Waals surface area contributed by atoms with Crippen molar-refractivity contribution in [1.29, 1.82) is 0 Å². The van der Waals surface area contributed by atoms with Crippen molar-refractivity contribution in [2.45, 2.75) is 32.1 Å². The van der Waals surface area contributed by atoms with Crippen LogP contribution in [-0.4, -0.2) is 24.3 Å². The van der Waals surface area contributed by atoms with E-state index in [0.717, 1.165) is 42.2 Å². The van der Waals surface area contributed by atoms with Crippen LogP contribution in [0.15, 0.2) is 24.3 Å². The smallest absolute Gasteiger partial charge is 0.281 e. The van der Waals surface area contributed by atoms with E-state index in [4.69, 9.17) is 11.6 Å². The largest absolute Gasteiger partial charge is 0.347 e. The van der Waals surface area contributed by atoms with Gasteiger partial charge in [0, 0.05) is 16.0 Å². The summed E-state index contributed by atoms with van der Waals surface area (Å²) in [5.41, 5.74) is 4.65. The zero-order chi connectivity index (χ0) is 18.5. The first kappa shape index (κ1) is 18.7. The Hall–Kier alpha value is -2.12. The topological polar surface area (TPSA) is 87.3 Å². The zero-order valence-electron chi connectivity index (χ0n) is 14.1. The molecule has 3 amide bonds. The van der Waals surface area contributed by atoms with Gasteiger partial charge >= 0.3 is 0 Å². The minimum absolute atomic E-state index is 0.0107. The Morgan fingerprint density at radius 2 is 1.81 bits per heavy atom. The standard InChI is InChI=1S/C18H20ClN3O3S/c19-15-12-8-4-5-9-13(12)26-16(15)18(25)22-21-14(23)10-20-17(24)11-6-2-1-3-7-11/h4-5,8-9,11H,1-3,6-7,10H2,(H,20,24)(H,21,23)(H,22,25). The number of hydrazine groups is 1. The van der Waals surface area contributed by atoms with Crippen molar-refractivity contribution in [1.82, 2.24) is 16.2 Å². The quantitative estimate of drug-likeness (QED) is 0.698. The molecule has 8 heteroatoms. The number of hydrogen-bond donors (Lipinski definition) is 3. The number of thiophene rings is 1. The number of halogens is 1. The van der Waals surface area contributed by atoms with E-state index in [2.05, 4.69) is 16.2 Å². The highest BCUT2D eigenvalue weighted by molar-refractivity contribution is 7.21. The lowest BCUT2D eigenvalue weighted by atomic mass is 9.89. The summed E-state index contributed by atoms with van der Waals surface area (Å²) < 4.78 is 0.897. The van der Waals surface area contributed by atoms with Crippen molar-refractivity contribution in [3.8, 4) is 0 Å². The average Bonchev–Trinajstić information content (AvgIpc) is 3.02. The Balaban J connectivity index is 1.48. The third kappa shape index (κ3) is 4.34. The maximum Gasteiger partial charge on any atom is 0.281 e. The summed E-state index contributed by atoms with van der Waals surface area (Å²) in [7, 11) is 0. The van der Waals surface area contributed by atoms with Crippen LogP contribution in [0.25, 0.3) is 10.1 Å². The van der Waals surface area contributed by atoms with Crippen LogP contribution in [-0.2, 0) is 9.59 Å². The molecular weight excluding hydrogens is 374 g/mol. The van der Waals surface area contributed by atoms with Gasteiger partial charge in [0.25, 0.3) is 11.8 Å². The fourth-order valence-corrected chi connectivity index (χ4v) is 4.48. The van der Waals surface area contributed by atoms with Crippen molar-refractivity contribution < 1.29 is 14.4 Å². The molecule has 1 aliphatic carbocycles. The van der Waals surface area contributed by atoms with Gasteiger partial charge in [-0.05, 0) is 18.9 Å². The van der Waals surface area contributed by atoms with Gasteiger partial charge in [0.05, 0.1) is 11.6 Å². The van der Waals surface area contributed by atoms with Gasteiger partial charge in [-0.1, -0.05) is 49.1 Å². The molecule has 3 rings (SSSR count). The molecule has 0 spiro atoms. The van der Waals surface area contributed by atoms with Gasteiger partial charge in [0.15, 0.2) is 0 Å². The molecule has 26 heavy (non-hydrogen) atoms. The number of hydrogen-bond acceptors (Lipinski definition) is 4. The van der Waals surface area contributed by atoms with Crippen molar-refractivity contribution in [2.75, 3.05) is 6.54 Å². The predicted molar refractivity (Wildman–Crippen MR) is 102 cm³/mol. The van der Waals surface area contributed by atoms with Crippen LogP contribution in [0, 0.1) is 5.92 Å². The third-order valence-corrected chi connectivity index (χ3v) is 6.13. The molecular formula is C18H20ClN3O3S. The number of fused-ring (bicyclic) bond motifs is 1. The highest BCUT2D eigenvalue weighted by Gasteiger charge is 2.21. The van der Waals surface area contributed by atoms with Gasteiger partial charge in [0.2, 0.25) is 5.91 Å². The molecule has 1 aromatic carbocycles. The van der Waals surface area contributed by atoms with E-state index in [-0.39, 0.29) is 18.4 Å². The third-order valence-electron chi connectivity index (χ3n) is 4.46. The lowest BCUT2D eigenvalue weighted by Crippen LogP contribution is -2.47. The molecule has 138 valence electrons. The summed E-state index contributed by atoms with van der Waals surface area (Å²) in [4.78, 5) is 36.4. The molecule has 1 aliphatic rings. The Kier molecular flexibility index (Phi) is 6.11. The molecule has 2 aromatic rings. The molecule has 0 radical (unpaired) electrons. The first-order chi connectivity index (χ1) is 12.6. The number of amides is 3. The molecule has 0 atom stereocenters. The Labute approximate surface area is 160 Å². The van der Waals surface area contributed by atoms with Crippen LogP contribution in [0.2, 0.25) is 5.02 Å². The Morgan fingerprint density at radius 1 is 1.08 bits per heavy atom. The van der Waals surface area contributed by atoms with Gasteiger partial charge < -0.3 is 5.32 Å². The molecule has 1 aromatic heterocycles. The number of rotatable bonds is 4. The monoisotopic (exact) mass is 393 g/mol. The lowest BCUT2D eigenvalue weighted by Gasteiger charge is -2.20. The van der Waals surface area contributed by atoms with Crippen molar-refractivity contribution in [2.24, 2.45) is 5.92 Å². The minimum Gasteiger partial charge on any atom is -0.347 e. The van der Waals surface area contributed by atoms with Crippen LogP contribution in [0.4, 0.5) is 0 Å². The second kappa shape index (κ2) is 8.51. The van der Waals surface area contributed by atoms with E-state index in [1.54, 1.807) is 0 Å². The van der Waals surface area contributed by atoms with E-state index >= 15 is 0 Å². The second-order valence-corrected chi connectivity index (χ2v) is 7.73. The van der Waals surface area contributed by atoms with Crippen molar-refractivity contribution in [3.05, 3.63) is 34.2 Å². The molecule has 1 fully saturated rings. The molecule has 0 unspecified atom stereocenters. The number of nitrogens with one attached hydrogen (secondary N) is 3. The summed E-state index contributed by atoms with van der Waals surface area (Å²) in [5.74, 6) is -1.08. The van der Waals surface area contributed by atoms with Gasteiger partial charge in [-0.25, -0.2) is 0 Å². The minimum atomic E-state index is -0.486. The van der Waals surface area contributed by atoms with Crippen molar-refractivity contribution in [3.63, 3.8) is 0 Å². The fraction of sp³-hybridized carbons (Fsp3) is 0.389. The first-order valence-electron chi connectivity index (χ1n) is 8.60. The van der Waals surface area contributed by atoms with E-state index in [0.29, 0.717) is 9.90 Å². The van der Waals surface area contributed by atoms with Crippen LogP contribution >= 0.6 is 22.9 Å². The zero-order valence-corrected chi connectivity index (χ0v) is 15.7. The van der Waals surface area contributed by atoms with Crippen LogP contribution < -0.4 is 16.2 Å². The van der Waals surface area contributed by atoms with Gasteiger partial charge in [-0.3, -0.25) is 25.2 Å². The fourth-order valence-electron chi connectivity index (χ4n) is 3.06. The summed E-state index contributed by atoms with van der Waals surface area (Å²) in [6, 6.07) is 7.43. The summed E-state index contributed by atoms with van der Waals surface area (Å²) >= 11 is 7.49. The number of carbonyl (C=O) groups is 3. The van der Waals surface area contributed by atoms with Gasteiger partial charge in [0.1, 0.15) is 4.88 Å². The predicted octanol–water partition coefficient (Wildman–Crippen LogP) is 3.01. The summed E-state index contributed by atoms with van der Waals surface area (Å²) in [6.45, 7) is -0.171. The van der Waals surface area contributed by atoms with Crippen LogP contribution in [0.5, 0.6) is 0 Å². The summed E-state index contributed by atoms with van der Waals surface area (Å²) in [6.07, 6.45) is 5.01. The number of carbonyl (C=O) groups excluding carboxylic acids is 3. The normalized spacial score (nSPS) is 14.8. The van der Waals surface area contributed by atoms with E-state index < -0.39 is 11.8 Å². The van der Waals surface area contributed by atoms with Crippen LogP contribution in [0.1, 0.15) is 41.8 Å². The molecule has 0 bridgehead atoms. The second-order valence-electron chi connectivity index (χ2n) is 6.30. The number of benzene rings is 1. The maximum absolute atomic E-state index is 12.2. The molecule has 1 saturated carbocycles. The SMILES string of the molecule is O=C(CNC(=O)C1CCCCC1)NNC(=O)c1sc2ccccc2c1Cl. The molecule has 3 N–H and O–H groups in total. The Bertz CT molecular complexity index is 830. The van der Waals surface area contributed by atoms with Gasteiger partial charge in [-0.15, -0.1) is 11.3 Å². The Morgan fingerprint density at radius 3 is 2.54 bits per heavy atom. The van der Waals surface area contributed by atoms with E-state index in [1.807, 2.05) is 24.3 Å². The highest BCUT2D eigenvalue weighted by atomic mass is 35.5. The maximum atomic E-state index is 12.2. The van der Waals surface area contributed by atoms with E-state index in [1.165, 1.54) is 11.3 Å². The van der Waals surface area contributed by atoms with E-state index in [9.17, 15) is 14.4 Å².